The van der Waals surface area contributed by atoms with Crippen LogP contribution < -0.4 is 10.1 Å². The standard InChI is InChI=1S/C18H15FN2O2S/c1-23-14-8-6-12(7-9-14)16-10-17(24-21-16)18(22)20-11-13-4-2-3-5-15(13)19/h2-10H,11H2,1H3,(H,20,22). The Bertz CT molecular complexity index is 846. The second-order valence-electron chi connectivity index (χ2n) is 5.08. The molecule has 24 heavy (non-hydrogen) atoms. The molecule has 0 atom stereocenters. The van der Waals surface area contributed by atoms with Gasteiger partial charge in [0.05, 0.1) is 12.8 Å². The molecule has 122 valence electrons. The largest absolute Gasteiger partial charge is 0.497 e. The molecule has 2 aromatic carbocycles. The molecular formula is C18H15FN2O2S. The van der Waals surface area contributed by atoms with Gasteiger partial charge in [-0.05, 0) is 47.9 Å². The molecule has 0 saturated heterocycles. The van der Waals surface area contributed by atoms with Crippen LogP contribution in [0.2, 0.25) is 0 Å². The number of benzene rings is 2. The minimum atomic E-state index is -0.332. The van der Waals surface area contributed by atoms with E-state index >= 15 is 0 Å². The second kappa shape index (κ2) is 7.23. The van der Waals surface area contributed by atoms with Gasteiger partial charge in [0.2, 0.25) is 0 Å². The normalized spacial score (nSPS) is 10.4. The Morgan fingerprint density at radius 3 is 2.67 bits per heavy atom. The maximum atomic E-state index is 13.6. The van der Waals surface area contributed by atoms with E-state index in [0.29, 0.717) is 10.4 Å². The number of halogens is 1. The average Bonchev–Trinajstić information content (AvgIpc) is 3.11. The number of aromatic nitrogens is 1. The van der Waals surface area contributed by atoms with Crippen LogP contribution in [0.1, 0.15) is 15.2 Å². The minimum absolute atomic E-state index is 0.140. The fraction of sp³-hybridized carbons (Fsp3) is 0.111. The molecule has 4 nitrogen and oxygen atoms in total. The van der Waals surface area contributed by atoms with Gasteiger partial charge < -0.3 is 10.1 Å². The average molecular weight is 342 g/mol. The summed E-state index contributed by atoms with van der Waals surface area (Å²) in [6.07, 6.45) is 0. The van der Waals surface area contributed by atoms with E-state index in [9.17, 15) is 9.18 Å². The lowest BCUT2D eigenvalue weighted by molar-refractivity contribution is 0.0954. The summed E-state index contributed by atoms with van der Waals surface area (Å²) in [4.78, 5) is 12.7. The van der Waals surface area contributed by atoms with Crippen molar-refractivity contribution in [3.05, 3.63) is 70.9 Å². The van der Waals surface area contributed by atoms with E-state index in [1.54, 1.807) is 31.4 Å². The smallest absolute Gasteiger partial charge is 0.263 e. The maximum Gasteiger partial charge on any atom is 0.263 e. The number of carbonyl (C=O) groups excluding carboxylic acids is 1. The Hall–Kier alpha value is -2.73. The van der Waals surface area contributed by atoms with E-state index in [1.165, 1.54) is 6.07 Å². The third-order valence-electron chi connectivity index (χ3n) is 3.52. The number of nitrogens with zero attached hydrogens (tertiary/aromatic N) is 1. The quantitative estimate of drug-likeness (QED) is 0.765. The van der Waals surface area contributed by atoms with Crippen LogP contribution in [0, 0.1) is 5.82 Å². The first-order valence-electron chi connectivity index (χ1n) is 7.30. The summed E-state index contributed by atoms with van der Waals surface area (Å²) in [5.41, 5.74) is 2.07. The van der Waals surface area contributed by atoms with Gasteiger partial charge >= 0.3 is 0 Å². The van der Waals surface area contributed by atoms with Crippen LogP contribution in [0.5, 0.6) is 5.75 Å². The van der Waals surface area contributed by atoms with Gasteiger partial charge in [-0.3, -0.25) is 4.79 Å². The first kappa shape index (κ1) is 16.1. The molecule has 3 rings (SSSR count). The van der Waals surface area contributed by atoms with Crippen LogP contribution in [0.4, 0.5) is 4.39 Å². The molecule has 3 aromatic rings. The molecule has 0 saturated carbocycles. The molecule has 0 aliphatic heterocycles. The lowest BCUT2D eigenvalue weighted by atomic mass is 10.1. The van der Waals surface area contributed by atoms with Crippen LogP contribution in [0.3, 0.4) is 0 Å². The molecule has 1 aromatic heterocycles. The van der Waals surface area contributed by atoms with Gasteiger partial charge in [0.25, 0.3) is 5.91 Å². The van der Waals surface area contributed by atoms with E-state index in [1.807, 2.05) is 24.3 Å². The predicted octanol–water partition coefficient (Wildman–Crippen LogP) is 3.89. The maximum absolute atomic E-state index is 13.6. The molecule has 6 heteroatoms. The van der Waals surface area contributed by atoms with Gasteiger partial charge in [0.15, 0.2) is 0 Å². The molecule has 0 fully saturated rings. The van der Waals surface area contributed by atoms with E-state index in [0.717, 1.165) is 28.5 Å². The van der Waals surface area contributed by atoms with Gasteiger partial charge in [0, 0.05) is 17.7 Å². The molecule has 0 bridgehead atoms. The van der Waals surface area contributed by atoms with Gasteiger partial charge in [-0.1, -0.05) is 18.2 Å². The zero-order valence-corrected chi connectivity index (χ0v) is 13.8. The van der Waals surface area contributed by atoms with Crippen molar-refractivity contribution in [1.82, 2.24) is 9.69 Å². The Labute approximate surface area is 143 Å². The van der Waals surface area contributed by atoms with Crippen molar-refractivity contribution in [2.75, 3.05) is 7.11 Å². The number of amides is 1. The van der Waals surface area contributed by atoms with Crippen molar-refractivity contribution >= 4 is 17.4 Å². The van der Waals surface area contributed by atoms with E-state index in [4.69, 9.17) is 4.74 Å². The second-order valence-corrected chi connectivity index (χ2v) is 5.88. The molecule has 0 unspecified atom stereocenters. The molecule has 0 aliphatic rings. The number of carbonyl (C=O) groups is 1. The fourth-order valence-corrected chi connectivity index (χ4v) is 2.86. The molecule has 1 amide bonds. The molecular weight excluding hydrogens is 327 g/mol. The highest BCUT2D eigenvalue weighted by molar-refractivity contribution is 7.08. The van der Waals surface area contributed by atoms with E-state index in [-0.39, 0.29) is 18.3 Å². The van der Waals surface area contributed by atoms with Gasteiger partial charge in [0.1, 0.15) is 16.4 Å². The highest BCUT2D eigenvalue weighted by Crippen LogP contribution is 2.24. The lowest BCUT2D eigenvalue weighted by Gasteiger charge is -2.04. The molecule has 1 heterocycles. The van der Waals surface area contributed by atoms with Crippen molar-refractivity contribution in [3.8, 4) is 17.0 Å². The lowest BCUT2D eigenvalue weighted by Crippen LogP contribution is -2.22. The summed E-state index contributed by atoms with van der Waals surface area (Å²) >= 11 is 1.11. The Balaban J connectivity index is 1.68. The highest BCUT2D eigenvalue weighted by Gasteiger charge is 2.12. The van der Waals surface area contributed by atoms with Crippen molar-refractivity contribution in [1.29, 1.82) is 0 Å². The first-order valence-corrected chi connectivity index (χ1v) is 8.07. The van der Waals surface area contributed by atoms with Gasteiger partial charge in [-0.15, -0.1) is 0 Å². The van der Waals surface area contributed by atoms with Crippen LogP contribution in [-0.4, -0.2) is 17.4 Å². The summed E-state index contributed by atoms with van der Waals surface area (Å²) in [5, 5.41) is 2.71. The third-order valence-corrected chi connectivity index (χ3v) is 4.30. The SMILES string of the molecule is COc1ccc(-c2cc(C(=O)NCc3ccccc3F)sn2)cc1. The first-order chi connectivity index (χ1) is 11.7. The number of hydrogen-bond acceptors (Lipinski definition) is 4. The summed E-state index contributed by atoms with van der Waals surface area (Å²) in [6.45, 7) is 0.140. The predicted molar refractivity (Wildman–Crippen MR) is 91.7 cm³/mol. The van der Waals surface area contributed by atoms with E-state index in [2.05, 4.69) is 9.69 Å². The Morgan fingerprint density at radius 1 is 1.21 bits per heavy atom. The number of methoxy groups -OCH3 is 1. The van der Waals surface area contributed by atoms with E-state index < -0.39 is 0 Å². The zero-order valence-electron chi connectivity index (χ0n) is 13.0. The van der Waals surface area contributed by atoms with Crippen LogP contribution >= 0.6 is 11.5 Å². The summed E-state index contributed by atoms with van der Waals surface area (Å²) < 4.78 is 23.0. The number of nitrogens with one attached hydrogen (secondary N) is 1. The molecule has 1 N–H and O–H groups in total. The van der Waals surface area contributed by atoms with Crippen molar-refractivity contribution in [2.24, 2.45) is 0 Å². The van der Waals surface area contributed by atoms with Crippen LogP contribution in [-0.2, 0) is 6.54 Å². The minimum Gasteiger partial charge on any atom is -0.497 e. The Morgan fingerprint density at radius 2 is 1.96 bits per heavy atom. The monoisotopic (exact) mass is 342 g/mol. The molecule has 0 aliphatic carbocycles. The van der Waals surface area contributed by atoms with Gasteiger partial charge in [-0.2, -0.15) is 4.37 Å². The number of hydrogen-bond donors (Lipinski definition) is 1. The van der Waals surface area contributed by atoms with Crippen molar-refractivity contribution < 1.29 is 13.9 Å². The van der Waals surface area contributed by atoms with Crippen LogP contribution in [0.15, 0.2) is 54.6 Å². The van der Waals surface area contributed by atoms with Gasteiger partial charge in [-0.25, -0.2) is 4.39 Å². The number of ether oxygens (including phenoxy) is 1. The third kappa shape index (κ3) is 3.60. The Kier molecular flexibility index (Phi) is 4.86. The zero-order chi connectivity index (χ0) is 16.9. The summed E-state index contributed by atoms with van der Waals surface area (Å²) in [5.74, 6) is 0.161. The fourth-order valence-electron chi connectivity index (χ4n) is 2.18. The number of rotatable bonds is 5. The summed E-state index contributed by atoms with van der Waals surface area (Å²) in [7, 11) is 1.61. The van der Waals surface area contributed by atoms with Crippen LogP contribution in [0.25, 0.3) is 11.3 Å². The molecule has 0 spiro atoms. The molecule has 0 radical (unpaired) electrons. The highest BCUT2D eigenvalue weighted by atomic mass is 32.1. The topological polar surface area (TPSA) is 51.2 Å². The summed E-state index contributed by atoms with van der Waals surface area (Å²) in [6, 6.07) is 15.5. The van der Waals surface area contributed by atoms with Crippen molar-refractivity contribution in [3.63, 3.8) is 0 Å². The van der Waals surface area contributed by atoms with Crippen molar-refractivity contribution in [2.45, 2.75) is 6.54 Å².